The van der Waals surface area contributed by atoms with Crippen molar-refractivity contribution in [3.05, 3.63) is 62.9 Å². The summed E-state index contributed by atoms with van der Waals surface area (Å²) in [6, 6.07) is 6.59. The van der Waals surface area contributed by atoms with E-state index >= 15 is 0 Å². The second-order valence-electron chi connectivity index (χ2n) is 4.49. The molecule has 2 aromatic carbocycles. The van der Waals surface area contributed by atoms with E-state index in [0.29, 0.717) is 0 Å². The molecule has 1 amide bonds. The van der Waals surface area contributed by atoms with Gasteiger partial charge in [0.25, 0.3) is 11.6 Å². The zero-order chi connectivity index (χ0) is 17.1. The van der Waals surface area contributed by atoms with Crippen LogP contribution in [0.5, 0.6) is 0 Å². The van der Waals surface area contributed by atoms with Crippen molar-refractivity contribution in [1.82, 2.24) is 0 Å². The van der Waals surface area contributed by atoms with E-state index in [0.717, 1.165) is 24.3 Å². The summed E-state index contributed by atoms with van der Waals surface area (Å²) in [5, 5.41) is 31.2. The number of hydrogen-bond acceptors (Lipinski definition) is 5. The topological polar surface area (TPSA) is 113 Å². The molecular weight excluding hydrogens is 329 g/mol. The standard InChI is InChI=1S/C13H9BClFN2O5/c15-10-2-1-3-11(18(22)23)12(10)17-13(19)7-4-8(14(20)21)6-9(16)5-7/h1-6,20-21H,(H,17,19). The monoisotopic (exact) mass is 338 g/mol. The number of nitrogens with zero attached hydrogens (tertiary/aromatic N) is 1. The maximum atomic E-state index is 13.4. The van der Waals surface area contributed by atoms with Gasteiger partial charge < -0.3 is 15.4 Å². The minimum absolute atomic E-state index is 0.0635. The Bertz CT molecular complexity index is 787. The number of para-hydroxylation sites is 1. The molecule has 0 saturated heterocycles. The Balaban J connectivity index is 2.39. The van der Waals surface area contributed by atoms with E-state index in [-0.39, 0.29) is 21.7 Å². The van der Waals surface area contributed by atoms with Crippen LogP contribution in [0.2, 0.25) is 5.02 Å². The van der Waals surface area contributed by atoms with E-state index < -0.39 is 29.5 Å². The Morgan fingerprint density at radius 2 is 2.00 bits per heavy atom. The van der Waals surface area contributed by atoms with Gasteiger partial charge >= 0.3 is 7.12 Å². The maximum absolute atomic E-state index is 13.4. The number of nitro benzene ring substituents is 1. The van der Waals surface area contributed by atoms with Crippen molar-refractivity contribution in [1.29, 1.82) is 0 Å². The number of anilines is 1. The minimum Gasteiger partial charge on any atom is -0.423 e. The van der Waals surface area contributed by atoms with Crippen molar-refractivity contribution in [3.63, 3.8) is 0 Å². The van der Waals surface area contributed by atoms with Crippen LogP contribution in [0.3, 0.4) is 0 Å². The van der Waals surface area contributed by atoms with Crippen LogP contribution in [0.1, 0.15) is 10.4 Å². The van der Waals surface area contributed by atoms with Crippen molar-refractivity contribution >= 4 is 41.5 Å². The molecule has 0 aliphatic heterocycles. The SMILES string of the molecule is O=C(Nc1c(Cl)cccc1[N+](=O)[O-])c1cc(F)cc(B(O)O)c1. The summed E-state index contributed by atoms with van der Waals surface area (Å²) in [7, 11) is -1.97. The molecule has 7 nitrogen and oxygen atoms in total. The number of rotatable bonds is 4. The number of carbonyl (C=O) groups is 1. The first-order chi connectivity index (χ1) is 10.8. The molecule has 0 aliphatic carbocycles. The van der Waals surface area contributed by atoms with E-state index in [2.05, 4.69) is 5.32 Å². The van der Waals surface area contributed by atoms with Gasteiger partial charge in [0.2, 0.25) is 0 Å². The van der Waals surface area contributed by atoms with Crippen LogP contribution in [-0.4, -0.2) is 28.0 Å². The van der Waals surface area contributed by atoms with Gasteiger partial charge in [0.05, 0.1) is 9.95 Å². The molecule has 10 heteroatoms. The Hall–Kier alpha value is -2.49. The zero-order valence-corrected chi connectivity index (χ0v) is 12.1. The summed E-state index contributed by atoms with van der Waals surface area (Å²) in [4.78, 5) is 22.4. The van der Waals surface area contributed by atoms with Crippen LogP contribution < -0.4 is 10.8 Å². The molecule has 0 aromatic heterocycles. The van der Waals surface area contributed by atoms with Crippen molar-refractivity contribution in [2.75, 3.05) is 5.32 Å². The number of nitrogens with one attached hydrogen (secondary N) is 1. The molecule has 118 valence electrons. The lowest BCUT2D eigenvalue weighted by Crippen LogP contribution is -2.31. The molecule has 0 unspecified atom stereocenters. The average Bonchev–Trinajstić information content (AvgIpc) is 2.48. The van der Waals surface area contributed by atoms with Crippen LogP contribution in [0, 0.1) is 15.9 Å². The molecule has 0 bridgehead atoms. The third kappa shape index (κ3) is 3.83. The number of hydrogen-bond donors (Lipinski definition) is 3. The van der Waals surface area contributed by atoms with Crippen molar-refractivity contribution in [2.24, 2.45) is 0 Å². The van der Waals surface area contributed by atoms with Crippen LogP contribution in [0.15, 0.2) is 36.4 Å². The third-order valence-electron chi connectivity index (χ3n) is 2.91. The highest BCUT2D eigenvalue weighted by molar-refractivity contribution is 6.58. The average molecular weight is 338 g/mol. The van der Waals surface area contributed by atoms with Gasteiger partial charge in [-0.05, 0) is 29.7 Å². The Morgan fingerprint density at radius 1 is 1.30 bits per heavy atom. The molecule has 0 spiro atoms. The number of nitro groups is 1. The summed E-state index contributed by atoms with van der Waals surface area (Å²) in [5.41, 5.74) is -1.14. The van der Waals surface area contributed by atoms with E-state index in [1.807, 2.05) is 0 Å². The maximum Gasteiger partial charge on any atom is 0.488 e. The highest BCUT2D eigenvalue weighted by Gasteiger charge is 2.21. The smallest absolute Gasteiger partial charge is 0.423 e. The molecule has 23 heavy (non-hydrogen) atoms. The van der Waals surface area contributed by atoms with Crippen LogP contribution in [-0.2, 0) is 0 Å². The van der Waals surface area contributed by atoms with Crippen LogP contribution in [0.25, 0.3) is 0 Å². The van der Waals surface area contributed by atoms with Gasteiger partial charge in [-0.1, -0.05) is 17.7 Å². The predicted octanol–water partition coefficient (Wildman–Crippen LogP) is 1.32. The van der Waals surface area contributed by atoms with E-state index in [9.17, 15) is 19.3 Å². The lowest BCUT2D eigenvalue weighted by molar-refractivity contribution is -0.383. The third-order valence-corrected chi connectivity index (χ3v) is 3.22. The number of carbonyl (C=O) groups excluding carboxylic acids is 1. The Kier molecular flexibility index (Phi) is 4.94. The summed E-state index contributed by atoms with van der Waals surface area (Å²) in [6.45, 7) is 0. The van der Waals surface area contributed by atoms with Gasteiger partial charge in [-0.25, -0.2) is 4.39 Å². The van der Waals surface area contributed by atoms with Crippen LogP contribution in [0.4, 0.5) is 15.8 Å². The van der Waals surface area contributed by atoms with E-state index in [1.54, 1.807) is 0 Å². The fraction of sp³-hybridized carbons (Fsp3) is 0. The normalized spacial score (nSPS) is 10.3. The van der Waals surface area contributed by atoms with Gasteiger partial charge in [0.15, 0.2) is 0 Å². The summed E-state index contributed by atoms with van der Waals surface area (Å²) < 4.78 is 13.4. The molecule has 2 rings (SSSR count). The molecule has 0 fully saturated rings. The first-order valence-electron chi connectivity index (χ1n) is 6.20. The zero-order valence-electron chi connectivity index (χ0n) is 11.4. The van der Waals surface area contributed by atoms with Gasteiger partial charge in [0.1, 0.15) is 11.5 Å². The van der Waals surface area contributed by atoms with Gasteiger partial charge in [-0.3, -0.25) is 14.9 Å². The molecule has 0 heterocycles. The quantitative estimate of drug-likeness (QED) is 0.442. The molecule has 3 N–H and O–H groups in total. The Morgan fingerprint density at radius 3 is 2.61 bits per heavy atom. The minimum atomic E-state index is -1.97. The largest absolute Gasteiger partial charge is 0.488 e. The highest BCUT2D eigenvalue weighted by Crippen LogP contribution is 2.32. The van der Waals surface area contributed by atoms with Crippen molar-refractivity contribution in [3.8, 4) is 0 Å². The molecule has 0 atom stereocenters. The molecule has 0 radical (unpaired) electrons. The number of halogens is 2. The fourth-order valence-electron chi connectivity index (χ4n) is 1.87. The summed E-state index contributed by atoms with van der Waals surface area (Å²) >= 11 is 5.84. The highest BCUT2D eigenvalue weighted by atomic mass is 35.5. The lowest BCUT2D eigenvalue weighted by atomic mass is 9.79. The molecule has 2 aromatic rings. The van der Waals surface area contributed by atoms with Gasteiger partial charge in [-0.15, -0.1) is 0 Å². The van der Waals surface area contributed by atoms with E-state index in [4.69, 9.17) is 21.6 Å². The van der Waals surface area contributed by atoms with Crippen LogP contribution >= 0.6 is 11.6 Å². The number of benzene rings is 2. The molecule has 0 saturated carbocycles. The van der Waals surface area contributed by atoms with Gasteiger partial charge in [-0.2, -0.15) is 0 Å². The molecular formula is C13H9BClFN2O5. The number of amides is 1. The lowest BCUT2D eigenvalue weighted by Gasteiger charge is -2.09. The van der Waals surface area contributed by atoms with Crippen molar-refractivity contribution < 1.29 is 24.2 Å². The first-order valence-corrected chi connectivity index (χ1v) is 6.58. The Labute approximate surface area is 134 Å². The first kappa shape index (κ1) is 16.9. The molecule has 0 aliphatic rings. The van der Waals surface area contributed by atoms with E-state index in [1.165, 1.54) is 12.1 Å². The fourth-order valence-corrected chi connectivity index (χ4v) is 2.08. The predicted molar refractivity (Wildman–Crippen MR) is 82.3 cm³/mol. The second kappa shape index (κ2) is 6.74. The van der Waals surface area contributed by atoms with Gasteiger partial charge in [0, 0.05) is 11.6 Å². The second-order valence-corrected chi connectivity index (χ2v) is 4.90. The summed E-state index contributed by atoms with van der Waals surface area (Å²) in [5.74, 6) is -1.75. The van der Waals surface area contributed by atoms with Crippen molar-refractivity contribution in [2.45, 2.75) is 0 Å². The summed E-state index contributed by atoms with van der Waals surface area (Å²) in [6.07, 6.45) is 0.